The molecule has 3 aromatic rings. The Morgan fingerprint density at radius 3 is 2.21 bits per heavy atom. The van der Waals surface area contributed by atoms with Crippen LogP contribution in [0.3, 0.4) is 0 Å². The van der Waals surface area contributed by atoms with Crippen molar-refractivity contribution in [1.29, 1.82) is 0 Å². The standard InChI is InChI=1S/C36H41ClFN3O2/c1-39(2)36(27-11-13-28(38)14-12-27)18-16-35(17-19-36)20-22-41(23-21-35)33(42)26-9-8-25-10-15-32(30(25)24-26)40(3)34(43)29-6-4-5-7-31(29)37/h4-9,11-14,24,32H,10,15-23H2,1-3H3. The number of carbonyl (C=O) groups excluding carboxylic acids is 2. The van der Waals surface area contributed by atoms with Gasteiger partial charge in [0.25, 0.3) is 11.8 Å². The molecule has 1 aliphatic heterocycles. The van der Waals surface area contributed by atoms with E-state index < -0.39 is 0 Å². The summed E-state index contributed by atoms with van der Waals surface area (Å²) in [6, 6.07) is 20.1. The van der Waals surface area contributed by atoms with Gasteiger partial charge < -0.3 is 9.80 Å². The third-order valence-corrected chi connectivity index (χ3v) is 11.1. The van der Waals surface area contributed by atoms with Crippen molar-refractivity contribution >= 4 is 23.4 Å². The van der Waals surface area contributed by atoms with Crippen molar-refractivity contribution in [3.63, 3.8) is 0 Å². The summed E-state index contributed by atoms with van der Waals surface area (Å²) < 4.78 is 13.7. The van der Waals surface area contributed by atoms with E-state index in [0.717, 1.165) is 70.0 Å². The second-order valence-electron chi connectivity index (χ2n) is 13.1. The number of carbonyl (C=O) groups is 2. The first-order valence-corrected chi connectivity index (χ1v) is 15.9. The third kappa shape index (κ3) is 5.49. The van der Waals surface area contributed by atoms with E-state index in [0.29, 0.717) is 16.1 Å². The maximum absolute atomic E-state index is 13.7. The molecule has 0 bridgehead atoms. The molecule has 0 aromatic heterocycles. The predicted molar refractivity (Wildman–Crippen MR) is 169 cm³/mol. The molecule has 0 N–H and O–H groups in total. The Morgan fingerprint density at radius 2 is 1.56 bits per heavy atom. The van der Waals surface area contributed by atoms with Gasteiger partial charge in [-0.1, -0.05) is 41.9 Å². The number of aryl methyl sites for hydroxylation is 1. The van der Waals surface area contributed by atoms with E-state index in [1.165, 1.54) is 11.1 Å². The zero-order valence-corrected chi connectivity index (χ0v) is 26.2. The van der Waals surface area contributed by atoms with Crippen LogP contribution >= 0.6 is 11.6 Å². The topological polar surface area (TPSA) is 43.9 Å². The Labute approximate surface area is 259 Å². The molecule has 1 saturated carbocycles. The molecule has 1 spiro atoms. The van der Waals surface area contributed by atoms with Crippen molar-refractivity contribution in [3.05, 3.63) is 105 Å². The normalized spacial score (nSPS) is 20.7. The molecule has 2 fully saturated rings. The van der Waals surface area contributed by atoms with E-state index in [9.17, 15) is 14.0 Å². The van der Waals surface area contributed by atoms with Crippen molar-refractivity contribution in [2.24, 2.45) is 5.41 Å². The number of hydrogen-bond donors (Lipinski definition) is 0. The highest BCUT2D eigenvalue weighted by Crippen LogP contribution is 2.52. The fourth-order valence-electron chi connectivity index (χ4n) is 7.90. The van der Waals surface area contributed by atoms with Crippen LogP contribution in [-0.2, 0) is 12.0 Å². The van der Waals surface area contributed by atoms with Gasteiger partial charge in [0, 0.05) is 31.2 Å². The van der Waals surface area contributed by atoms with E-state index >= 15 is 0 Å². The van der Waals surface area contributed by atoms with Crippen LogP contribution in [0.2, 0.25) is 5.02 Å². The molecule has 226 valence electrons. The number of amides is 2. The summed E-state index contributed by atoms with van der Waals surface area (Å²) in [5, 5.41) is 0.449. The number of piperidine rings is 1. The summed E-state index contributed by atoms with van der Waals surface area (Å²) >= 11 is 6.33. The van der Waals surface area contributed by atoms with Gasteiger partial charge in [0.2, 0.25) is 0 Å². The maximum atomic E-state index is 13.7. The molecule has 43 heavy (non-hydrogen) atoms. The molecule has 0 radical (unpaired) electrons. The van der Waals surface area contributed by atoms with Gasteiger partial charge in [-0.25, -0.2) is 4.39 Å². The van der Waals surface area contributed by atoms with Crippen LogP contribution in [0.1, 0.15) is 88.4 Å². The smallest absolute Gasteiger partial charge is 0.255 e. The Kier molecular flexibility index (Phi) is 8.12. The highest BCUT2D eigenvalue weighted by Gasteiger charge is 2.46. The fourth-order valence-corrected chi connectivity index (χ4v) is 8.11. The monoisotopic (exact) mass is 601 g/mol. The first-order valence-electron chi connectivity index (χ1n) is 15.5. The van der Waals surface area contributed by atoms with Gasteiger partial charge in [-0.15, -0.1) is 0 Å². The third-order valence-electron chi connectivity index (χ3n) is 10.8. The number of fused-ring (bicyclic) bond motifs is 1. The summed E-state index contributed by atoms with van der Waals surface area (Å²) in [5.41, 5.74) is 4.83. The molecule has 1 saturated heterocycles. The van der Waals surface area contributed by atoms with Crippen LogP contribution in [0.15, 0.2) is 66.7 Å². The summed E-state index contributed by atoms with van der Waals surface area (Å²) in [6.45, 7) is 1.52. The summed E-state index contributed by atoms with van der Waals surface area (Å²) in [5.74, 6) is -0.224. The van der Waals surface area contributed by atoms with Crippen LogP contribution < -0.4 is 0 Å². The number of rotatable bonds is 5. The lowest BCUT2D eigenvalue weighted by atomic mass is 9.61. The molecular weight excluding hydrogens is 561 g/mol. The number of hydrogen-bond acceptors (Lipinski definition) is 3. The molecule has 6 rings (SSSR count). The van der Waals surface area contributed by atoms with Crippen LogP contribution in [0.4, 0.5) is 4.39 Å². The minimum atomic E-state index is -0.196. The summed E-state index contributed by atoms with van der Waals surface area (Å²) in [4.78, 5) is 33.1. The highest BCUT2D eigenvalue weighted by atomic mass is 35.5. The molecule has 2 amide bonds. The van der Waals surface area contributed by atoms with Crippen LogP contribution in [0, 0.1) is 11.2 Å². The SMILES string of the molecule is CN(C(=O)c1ccccc1Cl)C1CCc2ccc(C(=O)N3CCC4(CC3)CCC(c3ccc(F)cc3)(N(C)C)CC4)cc21. The van der Waals surface area contributed by atoms with Crippen molar-refractivity contribution in [3.8, 4) is 0 Å². The van der Waals surface area contributed by atoms with E-state index in [2.05, 4.69) is 25.1 Å². The molecule has 3 aliphatic rings. The number of likely N-dealkylation sites (tertiary alicyclic amines) is 1. The zero-order valence-electron chi connectivity index (χ0n) is 25.4. The van der Waals surface area contributed by atoms with Gasteiger partial charge in [0.15, 0.2) is 0 Å². The fraction of sp³-hybridized carbons (Fsp3) is 0.444. The van der Waals surface area contributed by atoms with Gasteiger partial charge in [-0.2, -0.15) is 0 Å². The predicted octanol–water partition coefficient (Wildman–Crippen LogP) is 7.49. The highest BCUT2D eigenvalue weighted by molar-refractivity contribution is 6.33. The Morgan fingerprint density at radius 1 is 0.884 bits per heavy atom. The number of benzene rings is 3. The number of nitrogens with zero attached hydrogens (tertiary/aromatic N) is 3. The molecule has 1 atom stereocenters. The minimum Gasteiger partial charge on any atom is -0.339 e. The van der Waals surface area contributed by atoms with Gasteiger partial charge >= 0.3 is 0 Å². The summed E-state index contributed by atoms with van der Waals surface area (Å²) in [6.07, 6.45) is 8.01. The van der Waals surface area contributed by atoms with Crippen molar-refractivity contribution in [2.45, 2.75) is 62.9 Å². The van der Waals surface area contributed by atoms with Gasteiger partial charge in [-0.3, -0.25) is 14.5 Å². The van der Waals surface area contributed by atoms with E-state index in [1.54, 1.807) is 29.2 Å². The van der Waals surface area contributed by atoms with Crippen LogP contribution in [-0.4, -0.2) is 60.7 Å². The minimum absolute atomic E-state index is 0.0761. The lowest BCUT2D eigenvalue weighted by Gasteiger charge is -2.52. The molecule has 1 unspecified atom stereocenters. The van der Waals surface area contributed by atoms with Crippen LogP contribution in [0.25, 0.3) is 0 Å². The van der Waals surface area contributed by atoms with E-state index in [4.69, 9.17) is 11.6 Å². The maximum Gasteiger partial charge on any atom is 0.255 e. The Hall–Kier alpha value is -3.22. The van der Waals surface area contributed by atoms with Gasteiger partial charge in [-0.05, 0) is 124 Å². The lowest BCUT2D eigenvalue weighted by molar-refractivity contribution is -0.000343. The quantitative estimate of drug-likeness (QED) is 0.304. The Balaban J connectivity index is 1.12. The molecule has 7 heteroatoms. The second-order valence-corrected chi connectivity index (χ2v) is 13.5. The van der Waals surface area contributed by atoms with Gasteiger partial charge in [0.05, 0.1) is 16.6 Å². The zero-order chi connectivity index (χ0) is 30.4. The summed E-state index contributed by atoms with van der Waals surface area (Å²) in [7, 11) is 6.10. The Bertz CT molecular complexity index is 1500. The van der Waals surface area contributed by atoms with Crippen LogP contribution in [0.5, 0.6) is 0 Å². The average Bonchev–Trinajstić information content (AvgIpc) is 3.45. The largest absolute Gasteiger partial charge is 0.339 e. The molecule has 3 aromatic carbocycles. The molecule has 1 heterocycles. The lowest BCUT2D eigenvalue weighted by Crippen LogP contribution is -2.50. The van der Waals surface area contributed by atoms with Crippen molar-refractivity contribution in [2.75, 3.05) is 34.2 Å². The first-order chi connectivity index (χ1) is 20.6. The number of halogens is 2. The molecule has 5 nitrogen and oxygen atoms in total. The van der Waals surface area contributed by atoms with Crippen molar-refractivity contribution in [1.82, 2.24) is 14.7 Å². The van der Waals surface area contributed by atoms with E-state index in [1.807, 2.05) is 48.3 Å². The average molecular weight is 602 g/mol. The van der Waals surface area contributed by atoms with Gasteiger partial charge in [0.1, 0.15) is 5.82 Å². The molecule has 2 aliphatic carbocycles. The second kappa shape index (κ2) is 11.7. The first kappa shape index (κ1) is 29.8. The molecular formula is C36H41ClFN3O2. The van der Waals surface area contributed by atoms with Crippen molar-refractivity contribution < 1.29 is 14.0 Å². The van der Waals surface area contributed by atoms with E-state index in [-0.39, 0.29) is 34.6 Å².